The summed E-state index contributed by atoms with van der Waals surface area (Å²) in [4.78, 5) is 20.2. The Morgan fingerprint density at radius 3 is 2.78 bits per heavy atom. The van der Waals surface area contributed by atoms with E-state index in [0.717, 1.165) is 28.0 Å². The molecule has 2 aromatic heterocycles. The zero-order valence-electron chi connectivity index (χ0n) is 18.0. The Morgan fingerprint density at radius 2 is 2.09 bits per heavy atom. The van der Waals surface area contributed by atoms with E-state index in [1.807, 2.05) is 32.9 Å². The summed E-state index contributed by atoms with van der Waals surface area (Å²) in [5, 5.41) is 8.36. The topological polar surface area (TPSA) is 108 Å². The zero-order chi connectivity index (χ0) is 23.2. The van der Waals surface area contributed by atoms with Gasteiger partial charge in [-0.3, -0.25) is 4.79 Å². The first-order valence-electron chi connectivity index (χ1n) is 9.91. The summed E-state index contributed by atoms with van der Waals surface area (Å²) >= 11 is 12.4. The molecule has 3 heterocycles. The minimum Gasteiger partial charge on any atom is -0.496 e. The van der Waals surface area contributed by atoms with Crippen LogP contribution in [0.25, 0.3) is 16.6 Å². The predicted octanol–water partition coefficient (Wildman–Crippen LogP) is 3.93. The molecular weight excluding hydrogens is 451 g/mol. The summed E-state index contributed by atoms with van der Waals surface area (Å²) in [6.45, 7) is 5.75. The third-order valence-corrected chi connectivity index (χ3v) is 6.26. The number of carbonyl (C=O) groups is 1. The van der Waals surface area contributed by atoms with Crippen LogP contribution < -0.4 is 15.8 Å². The highest BCUT2D eigenvalue weighted by molar-refractivity contribution is 6.65. The molecule has 8 nitrogen and oxygen atoms in total. The molecule has 0 aliphatic carbocycles. The molecule has 3 aromatic rings. The van der Waals surface area contributed by atoms with E-state index in [-0.39, 0.29) is 6.04 Å². The molecule has 1 aliphatic rings. The summed E-state index contributed by atoms with van der Waals surface area (Å²) in [7, 11) is 1.60. The first-order chi connectivity index (χ1) is 15.2. The Bertz CT molecular complexity index is 1300. The van der Waals surface area contributed by atoms with E-state index in [2.05, 4.69) is 20.4 Å². The van der Waals surface area contributed by atoms with Crippen LogP contribution in [0.5, 0.6) is 5.75 Å². The molecule has 3 N–H and O–H groups in total. The Labute approximate surface area is 195 Å². The van der Waals surface area contributed by atoms with Crippen LogP contribution in [0.3, 0.4) is 0 Å². The molecule has 0 amide bonds. The fraction of sp³-hybridized carbons (Fsp3) is 0.273. The van der Waals surface area contributed by atoms with Crippen LogP contribution in [0.2, 0.25) is 5.02 Å². The average Bonchev–Trinajstić information content (AvgIpc) is 3.12. The van der Waals surface area contributed by atoms with Gasteiger partial charge in [0.15, 0.2) is 5.65 Å². The van der Waals surface area contributed by atoms with Crippen molar-refractivity contribution in [1.29, 1.82) is 0 Å². The molecular formula is C22H22Cl2N6O2. The van der Waals surface area contributed by atoms with Crippen LogP contribution in [-0.2, 0) is 4.79 Å². The van der Waals surface area contributed by atoms with Gasteiger partial charge in [-0.15, -0.1) is 0 Å². The van der Waals surface area contributed by atoms with E-state index < -0.39 is 11.3 Å². The quantitative estimate of drug-likeness (QED) is 0.541. The highest BCUT2D eigenvalue weighted by Gasteiger charge is 2.26. The van der Waals surface area contributed by atoms with Crippen molar-refractivity contribution in [2.24, 2.45) is 0 Å². The van der Waals surface area contributed by atoms with Crippen LogP contribution in [0.15, 0.2) is 30.7 Å². The number of nitrogens with zero attached hydrogens (tertiary/aromatic N) is 4. The maximum absolute atomic E-state index is 11.7. The maximum atomic E-state index is 11.7. The Balaban J connectivity index is 1.93. The monoisotopic (exact) mass is 472 g/mol. The molecule has 2 atom stereocenters. The second-order valence-corrected chi connectivity index (χ2v) is 8.33. The van der Waals surface area contributed by atoms with Crippen LogP contribution in [0, 0.1) is 13.8 Å². The number of nitrogen functional groups attached to an aromatic ring is 1. The number of nitrogens with two attached hydrogens (primary N) is 1. The van der Waals surface area contributed by atoms with E-state index in [1.54, 1.807) is 24.1 Å². The predicted molar refractivity (Wildman–Crippen MR) is 126 cm³/mol. The second kappa shape index (κ2) is 8.44. The molecule has 10 heteroatoms. The van der Waals surface area contributed by atoms with Crippen molar-refractivity contribution in [3.63, 3.8) is 0 Å². The van der Waals surface area contributed by atoms with Gasteiger partial charge in [-0.25, -0.2) is 14.6 Å². The van der Waals surface area contributed by atoms with Gasteiger partial charge < -0.3 is 15.8 Å². The molecule has 0 spiro atoms. The van der Waals surface area contributed by atoms with Gasteiger partial charge in [0, 0.05) is 16.1 Å². The number of rotatable bonds is 5. The van der Waals surface area contributed by atoms with Crippen molar-refractivity contribution in [2.75, 3.05) is 12.8 Å². The number of anilines is 1. The number of dihydropyridines is 1. The molecule has 0 saturated heterocycles. The number of nitrogens with one attached hydrogen (secondary N) is 1. The molecule has 0 bridgehead atoms. The molecule has 166 valence electrons. The first-order valence-corrected chi connectivity index (χ1v) is 10.7. The van der Waals surface area contributed by atoms with Crippen LogP contribution in [0.4, 0.5) is 5.82 Å². The number of benzene rings is 1. The lowest BCUT2D eigenvalue weighted by Gasteiger charge is -2.24. The number of aryl methyl sites for hydroxylation is 1. The molecule has 0 fully saturated rings. The third-order valence-electron chi connectivity index (χ3n) is 5.64. The standard InChI is InChI=1S/C22H22Cl2N6O2/c1-10-15(23)8-14(12(3)30-22-18(11(2)29-30)21(25)27-9-28-22)19(32-4)17(10)13-5-6-26-16(7-13)20(24)31/h5-9,12,16,26H,1-4H3,(H2,25,27,28). The normalized spacial score (nSPS) is 16.6. The number of aromatic nitrogens is 4. The molecule has 1 aromatic carbocycles. The summed E-state index contributed by atoms with van der Waals surface area (Å²) in [6.07, 6.45) is 6.72. The Morgan fingerprint density at radius 1 is 1.34 bits per heavy atom. The molecule has 0 saturated carbocycles. The molecule has 0 radical (unpaired) electrons. The van der Waals surface area contributed by atoms with Gasteiger partial charge in [0.1, 0.15) is 23.9 Å². The molecule has 32 heavy (non-hydrogen) atoms. The first kappa shape index (κ1) is 22.1. The van der Waals surface area contributed by atoms with Gasteiger partial charge in [-0.2, -0.15) is 5.10 Å². The molecule has 1 aliphatic heterocycles. The zero-order valence-corrected chi connectivity index (χ0v) is 19.5. The van der Waals surface area contributed by atoms with Crippen molar-refractivity contribution in [2.45, 2.75) is 32.9 Å². The highest BCUT2D eigenvalue weighted by atomic mass is 35.5. The van der Waals surface area contributed by atoms with Crippen molar-refractivity contribution in [3.05, 3.63) is 58.2 Å². The summed E-state index contributed by atoms with van der Waals surface area (Å²) in [5.41, 5.74) is 10.6. The number of fused-ring (bicyclic) bond motifs is 1. The Kier molecular flexibility index (Phi) is 5.83. The lowest BCUT2D eigenvalue weighted by atomic mass is 9.91. The smallest absolute Gasteiger partial charge is 0.247 e. The second-order valence-electron chi connectivity index (χ2n) is 7.55. The van der Waals surface area contributed by atoms with Crippen LogP contribution >= 0.6 is 23.2 Å². The number of methoxy groups -OCH3 is 1. The van der Waals surface area contributed by atoms with Gasteiger partial charge in [0.2, 0.25) is 5.24 Å². The maximum Gasteiger partial charge on any atom is 0.247 e. The lowest BCUT2D eigenvalue weighted by molar-refractivity contribution is -0.112. The molecule has 2 unspecified atom stereocenters. The van der Waals surface area contributed by atoms with E-state index in [0.29, 0.717) is 27.6 Å². The number of hydrogen-bond acceptors (Lipinski definition) is 7. The van der Waals surface area contributed by atoms with E-state index in [9.17, 15) is 4.79 Å². The lowest BCUT2D eigenvalue weighted by Crippen LogP contribution is -2.30. The number of halogens is 2. The number of allylic oxidation sites excluding steroid dienone is 2. The SMILES string of the molecule is COc1c(C(C)n2nc(C)c3c(N)ncnc32)cc(Cl)c(C)c1C1=CC(C(=O)Cl)NC=C1. The highest BCUT2D eigenvalue weighted by Crippen LogP contribution is 2.42. The minimum absolute atomic E-state index is 0.288. The minimum atomic E-state index is -0.641. The van der Waals surface area contributed by atoms with Crippen LogP contribution in [0.1, 0.15) is 35.3 Å². The fourth-order valence-electron chi connectivity index (χ4n) is 4.02. The third kappa shape index (κ3) is 3.59. The van der Waals surface area contributed by atoms with Crippen molar-refractivity contribution in [3.8, 4) is 5.75 Å². The van der Waals surface area contributed by atoms with Crippen molar-refractivity contribution >= 4 is 50.9 Å². The van der Waals surface area contributed by atoms with Gasteiger partial charge in [-0.1, -0.05) is 11.6 Å². The van der Waals surface area contributed by atoms with E-state index >= 15 is 0 Å². The fourth-order valence-corrected chi connectivity index (χ4v) is 4.35. The van der Waals surface area contributed by atoms with Crippen LogP contribution in [-0.4, -0.2) is 38.1 Å². The van der Waals surface area contributed by atoms with E-state index in [1.165, 1.54) is 6.33 Å². The van der Waals surface area contributed by atoms with Gasteiger partial charge in [0.25, 0.3) is 0 Å². The number of carbonyl (C=O) groups excluding carboxylic acids is 1. The number of ether oxygens (including phenoxy) is 1. The van der Waals surface area contributed by atoms with Gasteiger partial charge in [0.05, 0.1) is 24.2 Å². The summed E-state index contributed by atoms with van der Waals surface area (Å²) in [5.74, 6) is 1.00. The average molecular weight is 473 g/mol. The van der Waals surface area contributed by atoms with Gasteiger partial charge >= 0.3 is 0 Å². The number of hydrogen-bond donors (Lipinski definition) is 2. The van der Waals surface area contributed by atoms with Crippen molar-refractivity contribution < 1.29 is 9.53 Å². The van der Waals surface area contributed by atoms with E-state index in [4.69, 9.17) is 33.7 Å². The summed E-state index contributed by atoms with van der Waals surface area (Å²) in [6, 6.07) is 0.939. The summed E-state index contributed by atoms with van der Waals surface area (Å²) < 4.78 is 7.66. The molecule has 4 rings (SSSR count). The Hall–Kier alpha value is -3.10. The van der Waals surface area contributed by atoms with Gasteiger partial charge in [-0.05, 0) is 67.9 Å². The van der Waals surface area contributed by atoms with Crippen molar-refractivity contribution in [1.82, 2.24) is 25.1 Å². The largest absolute Gasteiger partial charge is 0.496 e.